The van der Waals surface area contributed by atoms with Crippen molar-refractivity contribution in [2.24, 2.45) is 4.99 Å². The van der Waals surface area contributed by atoms with Gasteiger partial charge in [0.15, 0.2) is 22.8 Å². The van der Waals surface area contributed by atoms with E-state index in [4.69, 9.17) is 9.47 Å². The number of thioether (sulfide) groups is 1. The monoisotopic (exact) mass is 454 g/mol. The lowest BCUT2D eigenvalue weighted by Gasteiger charge is -2.16. The second-order valence-corrected chi connectivity index (χ2v) is 8.22. The van der Waals surface area contributed by atoms with Crippen molar-refractivity contribution in [1.29, 1.82) is 0 Å². The van der Waals surface area contributed by atoms with Crippen LogP contribution in [0, 0.1) is 13.8 Å². The van der Waals surface area contributed by atoms with Crippen LogP contribution >= 0.6 is 11.8 Å². The molecule has 3 rings (SSSR count). The van der Waals surface area contributed by atoms with Crippen LogP contribution in [0.3, 0.4) is 0 Å². The van der Waals surface area contributed by atoms with Crippen LogP contribution in [0.1, 0.15) is 37.0 Å². The summed E-state index contributed by atoms with van der Waals surface area (Å²) in [5, 5.41) is 12.6. The van der Waals surface area contributed by atoms with Crippen LogP contribution < -0.4 is 14.8 Å². The molecule has 2 aromatic rings. The lowest BCUT2D eigenvalue weighted by molar-refractivity contribution is -0.145. The third-order valence-electron chi connectivity index (χ3n) is 4.93. The Morgan fingerprint density at radius 2 is 2.00 bits per heavy atom. The van der Waals surface area contributed by atoms with Gasteiger partial charge in [0.2, 0.25) is 0 Å². The first-order valence-corrected chi connectivity index (χ1v) is 11.2. The zero-order valence-electron chi connectivity index (χ0n) is 18.5. The Morgan fingerprint density at radius 1 is 1.22 bits per heavy atom. The van der Waals surface area contributed by atoms with E-state index in [1.54, 1.807) is 31.2 Å². The SMILES string of the molecule is CCOc1cc(/C=C2/SC(=Nc3cccc(C)c3C)NC2=O)ccc1OC(CC)C(=O)O. The van der Waals surface area contributed by atoms with E-state index >= 15 is 0 Å². The van der Waals surface area contributed by atoms with Gasteiger partial charge in [-0.05, 0) is 79.9 Å². The number of amidine groups is 1. The van der Waals surface area contributed by atoms with Crippen molar-refractivity contribution in [3.05, 3.63) is 58.0 Å². The van der Waals surface area contributed by atoms with Gasteiger partial charge in [-0.25, -0.2) is 9.79 Å². The predicted octanol–water partition coefficient (Wildman–Crippen LogP) is 4.84. The van der Waals surface area contributed by atoms with Crippen molar-refractivity contribution in [2.75, 3.05) is 6.61 Å². The topological polar surface area (TPSA) is 97.2 Å². The number of nitrogens with one attached hydrogen (secondary N) is 1. The van der Waals surface area contributed by atoms with Gasteiger partial charge in [0.05, 0.1) is 17.2 Å². The van der Waals surface area contributed by atoms with E-state index in [1.165, 1.54) is 11.8 Å². The number of aliphatic imine (C=N–C) groups is 1. The van der Waals surface area contributed by atoms with E-state index in [1.807, 2.05) is 39.0 Å². The first kappa shape index (κ1) is 23.4. The number of nitrogens with zero attached hydrogens (tertiary/aromatic N) is 1. The molecule has 2 N–H and O–H groups in total. The zero-order chi connectivity index (χ0) is 23.3. The molecule has 8 heteroatoms. The number of benzene rings is 2. The van der Waals surface area contributed by atoms with Gasteiger partial charge in [0.1, 0.15) is 0 Å². The van der Waals surface area contributed by atoms with Gasteiger partial charge in [0.25, 0.3) is 5.91 Å². The summed E-state index contributed by atoms with van der Waals surface area (Å²) in [6.07, 6.45) is 1.11. The molecule has 0 radical (unpaired) electrons. The predicted molar refractivity (Wildman–Crippen MR) is 127 cm³/mol. The van der Waals surface area contributed by atoms with Gasteiger partial charge in [-0.1, -0.05) is 25.1 Å². The number of aryl methyl sites for hydroxylation is 1. The van der Waals surface area contributed by atoms with Crippen LogP contribution in [0.25, 0.3) is 6.08 Å². The molecule has 1 fully saturated rings. The highest BCUT2D eigenvalue weighted by Crippen LogP contribution is 2.33. The molecule has 1 atom stereocenters. The van der Waals surface area contributed by atoms with Gasteiger partial charge in [0, 0.05) is 0 Å². The van der Waals surface area contributed by atoms with Crippen molar-refractivity contribution in [2.45, 2.75) is 40.2 Å². The van der Waals surface area contributed by atoms with Gasteiger partial charge in [-0.3, -0.25) is 4.79 Å². The lowest BCUT2D eigenvalue weighted by Crippen LogP contribution is -2.26. The van der Waals surface area contributed by atoms with Crippen LogP contribution in [0.15, 0.2) is 46.3 Å². The van der Waals surface area contributed by atoms with Crippen LogP contribution in [0.4, 0.5) is 5.69 Å². The standard InChI is InChI=1S/C24H26N2O5S/c1-5-18(23(28)29)31-19-11-10-16(12-20(19)30-6-2)13-21-22(27)26-24(32-21)25-17-9-7-8-14(3)15(17)4/h7-13,18H,5-6H2,1-4H3,(H,28,29)(H,25,26,27)/b21-13+. The number of carboxylic acids is 1. The van der Waals surface area contributed by atoms with E-state index in [0.717, 1.165) is 22.4 Å². The third kappa shape index (κ3) is 5.50. The summed E-state index contributed by atoms with van der Waals surface area (Å²) in [6.45, 7) is 7.99. The molecule has 1 aliphatic heterocycles. The normalized spacial score (nSPS) is 16.8. The summed E-state index contributed by atoms with van der Waals surface area (Å²) in [7, 11) is 0. The number of carbonyl (C=O) groups is 2. The van der Waals surface area contributed by atoms with E-state index < -0.39 is 12.1 Å². The summed E-state index contributed by atoms with van der Waals surface area (Å²) >= 11 is 1.27. The first-order valence-electron chi connectivity index (χ1n) is 10.3. The lowest BCUT2D eigenvalue weighted by atomic mass is 10.1. The Bertz CT molecular complexity index is 1090. The summed E-state index contributed by atoms with van der Waals surface area (Å²) in [6, 6.07) is 11.0. The minimum atomic E-state index is -1.03. The van der Waals surface area contributed by atoms with Crippen molar-refractivity contribution in [1.82, 2.24) is 5.32 Å². The number of carboxylic acid groups (broad SMARTS) is 1. The van der Waals surface area contributed by atoms with E-state index in [9.17, 15) is 14.7 Å². The molecule has 0 bridgehead atoms. The molecule has 1 aliphatic rings. The molecular formula is C24H26N2O5S. The highest BCUT2D eigenvalue weighted by atomic mass is 32.2. The average molecular weight is 455 g/mol. The molecule has 1 saturated heterocycles. The minimum absolute atomic E-state index is 0.228. The fourth-order valence-electron chi connectivity index (χ4n) is 3.04. The Balaban J connectivity index is 1.85. The third-order valence-corrected chi connectivity index (χ3v) is 5.84. The Labute approximate surface area is 191 Å². The van der Waals surface area contributed by atoms with Crippen LogP contribution in [0.5, 0.6) is 11.5 Å². The van der Waals surface area contributed by atoms with Gasteiger partial charge in [-0.15, -0.1) is 0 Å². The summed E-state index contributed by atoms with van der Waals surface area (Å²) < 4.78 is 11.3. The van der Waals surface area contributed by atoms with Crippen molar-refractivity contribution in [3.8, 4) is 11.5 Å². The van der Waals surface area contributed by atoms with Gasteiger partial charge < -0.3 is 19.9 Å². The second-order valence-electron chi connectivity index (χ2n) is 7.19. The highest BCUT2D eigenvalue weighted by molar-refractivity contribution is 8.18. The average Bonchev–Trinajstić information content (AvgIpc) is 3.09. The van der Waals surface area contributed by atoms with E-state index in [0.29, 0.717) is 34.6 Å². The maximum absolute atomic E-state index is 12.5. The van der Waals surface area contributed by atoms with Crippen molar-refractivity contribution >= 4 is 40.6 Å². The zero-order valence-corrected chi connectivity index (χ0v) is 19.3. The molecule has 1 unspecified atom stereocenters. The Hall–Kier alpha value is -3.26. The molecule has 0 spiro atoms. The highest BCUT2D eigenvalue weighted by Gasteiger charge is 2.24. The number of amides is 1. The quantitative estimate of drug-likeness (QED) is 0.554. The fraction of sp³-hybridized carbons (Fsp3) is 0.292. The second kappa shape index (κ2) is 10.4. The number of rotatable bonds is 8. The maximum atomic E-state index is 12.5. The number of aliphatic carboxylic acids is 1. The number of carbonyl (C=O) groups excluding carboxylic acids is 1. The summed E-state index contributed by atoms with van der Waals surface area (Å²) in [4.78, 5) is 28.9. The van der Waals surface area contributed by atoms with Crippen molar-refractivity contribution in [3.63, 3.8) is 0 Å². The Kier molecular flexibility index (Phi) is 7.58. The van der Waals surface area contributed by atoms with Gasteiger partial charge in [-0.2, -0.15) is 0 Å². The number of hydrogen-bond acceptors (Lipinski definition) is 6. The van der Waals surface area contributed by atoms with Crippen LogP contribution in [-0.4, -0.2) is 34.9 Å². The van der Waals surface area contributed by atoms with Crippen LogP contribution in [-0.2, 0) is 9.59 Å². The molecular weight excluding hydrogens is 428 g/mol. The molecule has 168 valence electrons. The first-order chi connectivity index (χ1) is 15.3. The minimum Gasteiger partial charge on any atom is -0.490 e. The number of hydrogen-bond donors (Lipinski definition) is 2. The fourth-order valence-corrected chi connectivity index (χ4v) is 3.87. The van der Waals surface area contributed by atoms with Crippen molar-refractivity contribution < 1.29 is 24.2 Å². The van der Waals surface area contributed by atoms with E-state index in [2.05, 4.69) is 10.3 Å². The maximum Gasteiger partial charge on any atom is 0.344 e. The largest absolute Gasteiger partial charge is 0.490 e. The molecule has 7 nitrogen and oxygen atoms in total. The molecule has 32 heavy (non-hydrogen) atoms. The number of ether oxygens (including phenoxy) is 2. The molecule has 1 heterocycles. The molecule has 1 amide bonds. The van der Waals surface area contributed by atoms with E-state index in [-0.39, 0.29) is 5.91 Å². The molecule has 0 aromatic heterocycles. The smallest absolute Gasteiger partial charge is 0.344 e. The molecule has 0 saturated carbocycles. The molecule has 0 aliphatic carbocycles. The van der Waals surface area contributed by atoms with Gasteiger partial charge >= 0.3 is 5.97 Å². The Morgan fingerprint density at radius 3 is 2.69 bits per heavy atom. The molecule has 2 aromatic carbocycles. The van der Waals surface area contributed by atoms with Crippen LogP contribution in [0.2, 0.25) is 0 Å². The summed E-state index contributed by atoms with van der Waals surface area (Å²) in [5.41, 5.74) is 3.75. The summed E-state index contributed by atoms with van der Waals surface area (Å²) in [5.74, 6) is -0.483.